The molecule has 0 heterocycles. The molecule has 0 aliphatic heterocycles. The summed E-state index contributed by atoms with van der Waals surface area (Å²) in [5, 5.41) is 0.420. The second-order valence-electron chi connectivity index (χ2n) is 0.954. The Morgan fingerprint density at radius 2 is 2.43 bits per heavy atom. The summed E-state index contributed by atoms with van der Waals surface area (Å²) >= 11 is 1.04. The van der Waals surface area contributed by atoms with E-state index in [0.717, 1.165) is 11.8 Å². The first kappa shape index (κ1) is 7.17. The van der Waals surface area contributed by atoms with Crippen LogP contribution in [0.4, 0.5) is 0 Å². The Hall–Kier alpha value is 0.170. The van der Waals surface area contributed by atoms with Crippen molar-refractivity contribution in [1.82, 2.24) is 0 Å². The highest BCUT2D eigenvalue weighted by Crippen LogP contribution is 1.92. The Balaban J connectivity index is 2.97. The van der Waals surface area contributed by atoms with E-state index in [-0.39, 0.29) is 0 Å². The maximum absolute atomic E-state index is 10.1. The SMILES string of the molecule is CS(=O)CSC=O. The van der Waals surface area contributed by atoms with Crippen LogP contribution in [0.1, 0.15) is 0 Å². The lowest BCUT2D eigenvalue weighted by molar-refractivity contribution is 0.570. The molecule has 0 amide bonds. The number of hydrogen-bond donors (Lipinski definition) is 0. The molecular formula is C3H6O2S2. The summed E-state index contributed by atoms with van der Waals surface area (Å²) in [6.45, 7) is 0. The van der Waals surface area contributed by atoms with Crippen LogP contribution in [0.25, 0.3) is 0 Å². The first-order valence-electron chi connectivity index (χ1n) is 1.62. The molecule has 0 bridgehead atoms. The Labute approximate surface area is 49.1 Å². The van der Waals surface area contributed by atoms with Crippen LogP contribution in [0.5, 0.6) is 0 Å². The van der Waals surface area contributed by atoms with Gasteiger partial charge in [-0.2, -0.15) is 0 Å². The molecule has 7 heavy (non-hydrogen) atoms. The molecule has 0 N–H and O–H groups in total. The van der Waals surface area contributed by atoms with E-state index in [1.54, 1.807) is 6.26 Å². The lowest BCUT2D eigenvalue weighted by Gasteiger charge is -1.82. The molecular weight excluding hydrogens is 132 g/mol. The second kappa shape index (κ2) is 4.33. The average Bonchev–Trinajstić information content (AvgIpc) is 1.61. The van der Waals surface area contributed by atoms with Crippen molar-refractivity contribution < 1.29 is 9.00 Å². The Kier molecular flexibility index (Phi) is 4.44. The van der Waals surface area contributed by atoms with Crippen molar-refractivity contribution in [2.75, 3.05) is 11.3 Å². The third-order valence-electron chi connectivity index (χ3n) is 0.302. The summed E-state index contributed by atoms with van der Waals surface area (Å²) in [5.74, 6) is 0. The average molecular weight is 138 g/mol. The molecule has 0 rings (SSSR count). The van der Waals surface area contributed by atoms with Crippen molar-refractivity contribution >= 4 is 28.2 Å². The smallest absolute Gasteiger partial charge is 0.177 e. The molecule has 0 saturated carbocycles. The summed E-state index contributed by atoms with van der Waals surface area (Å²) < 4.78 is 10.1. The largest absolute Gasteiger partial charge is 0.291 e. The summed E-state index contributed by atoms with van der Waals surface area (Å²) in [7, 11) is -0.834. The van der Waals surface area contributed by atoms with Crippen molar-refractivity contribution in [1.29, 1.82) is 0 Å². The van der Waals surface area contributed by atoms with Crippen LogP contribution >= 0.6 is 11.8 Å². The Morgan fingerprint density at radius 1 is 1.86 bits per heavy atom. The van der Waals surface area contributed by atoms with E-state index < -0.39 is 10.8 Å². The first-order valence-corrected chi connectivity index (χ1v) is 4.40. The van der Waals surface area contributed by atoms with Crippen LogP contribution < -0.4 is 0 Å². The minimum Gasteiger partial charge on any atom is -0.291 e. The van der Waals surface area contributed by atoms with Gasteiger partial charge in [0.15, 0.2) is 5.62 Å². The van der Waals surface area contributed by atoms with Gasteiger partial charge < -0.3 is 0 Å². The zero-order chi connectivity index (χ0) is 5.70. The van der Waals surface area contributed by atoms with E-state index in [9.17, 15) is 9.00 Å². The number of thioether (sulfide) groups is 1. The zero-order valence-corrected chi connectivity index (χ0v) is 5.55. The summed E-state index contributed by atoms with van der Waals surface area (Å²) in [6.07, 6.45) is 1.57. The lowest BCUT2D eigenvalue weighted by Crippen LogP contribution is -1.86. The van der Waals surface area contributed by atoms with Crippen molar-refractivity contribution in [2.45, 2.75) is 0 Å². The Morgan fingerprint density at radius 3 is 2.57 bits per heavy atom. The van der Waals surface area contributed by atoms with Gasteiger partial charge in [-0.25, -0.2) is 0 Å². The number of hydrogen-bond acceptors (Lipinski definition) is 3. The van der Waals surface area contributed by atoms with Crippen LogP contribution in [-0.4, -0.2) is 21.2 Å². The summed E-state index contributed by atoms with van der Waals surface area (Å²) in [6, 6.07) is 0. The summed E-state index contributed by atoms with van der Waals surface area (Å²) in [4.78, 5) is 9.54. The molecule has 0 aromatic carbocycles. The Bertz CT molecular complexity index is 81.0. The van der Waals surface area contributed by atoms with Crippen molar-refractivity contribution in [3.05, 3.63) is 0 Å². The van der Waals surface area contributed by atoms with Crippen LogP contribution in [0.2, 0.25) is 0 Å². The molecule has 1 atom stereocenters. The molecule has 42 valence electrons. The van der Waals surface area contributed by atoms with E-state index in [0.29, 0.717) is 10.7 Å². The van der Waals surface area contributed by atoms with Gasteiger partial charge in [-0.05, 0) is 0 Å². The molecule has 0 radical (unpaired) electrons. The van der Waals surface area contributed by atoms with Gasteiger partial charge in [-0.15, -0.1) is 0 Å². The molecule has 1 unspecified atom stereocenters. The summed E-state index contributed by atoms with van der Waals surface area (Å²) in [5.41, 5.74) is 0.696. The molecule has 0 spiro atoms. The van der Waals surface area contributed by atoms with Gasteiger partial charge >= 0.3 is 0 Å². The topological polar surface area (TPSA) is 34.1 Å². The van der Waals surface area contributed by atoms with Crippen molar-refractivity contribution in [3.8, 4) is 0 Å². The number of rotatable bonds is 3. The van der Waals surface area contributed by atoms with Gasteiger partial charge in [-0.1, -0.05) is 11.8 Å². The zero-order valence-electron chi connectivity index (χ0n) is 3.92. The minimum atomic E-state index is -0.834. The molecule has 4 heteroatoms. The predicted molar refractivity (Wildman–Crippen MR) is 33.3 cm³/mol. The second-order valence-corrected chi connectivity index (χ2v) is 3.57. The van der Waals surface area contributed by atoms with Crippen LogP contribution in [0, 0.1) is 0 Å². The standard InChI is InChI=1S/C3H6O2S2/c1-7(5)3-6-2-4/h2H,3H2,1H3. The third-order valence-corrected chi connectivity index (χ3v) is 2.31. The van der Waals surface area contributed by atoms with E-state index >= 15 is 0 Å². The number of carbonyl (C=O) groups is 1. The normalized spacial score (nSPS) is 13.3. The minimum absolute atomic E-state index is 0.420. The molecule has 0 saturated heterocycles. The van der Waals surface area contributed by atoms with E-state index in [1.165, 1.54) is 0 Å². The lowest BCUT2D eigenvalue weighted by atomic mass is 11.8. The van der Waals surface area contributed by atoms with Gasteiger partial charge in [0.25, 0.3) is 0 Å². The first-order chi connectivity index (χ1) is 3.27. The fourth-order valence-corrected chi connectivity index (χ4v) is 1.11. The number of carbonyl (C=O) groups excluding carboxylic acids is 1. The van der Waals surface area contributed by atoms with Crippen molar-refractivity contribution in [3.63, 3.8) is 0 Å². The highest BCUT2D eigenvalue weighted by Gasteiger charge is 1.85. The molecule has 2 nitrogen and oxygen atoms in total. The fraction of sp³-hybridized carbons (Fsp3) is 0.667. The van der Waals surface area contributed by atoms with E-state index in [2.05, 4.69) is 0 Å². The van der Waals surface area contributed by atoms with Gasteiger partial charge in [0, 0.05) is 17.1 Å². The highest BCUT2D eigenvalue weighted by molar-refractivity contribution is 8.19. The van der Waals surface area contributed by atoms with E-state index in [4.69, 9.17) is 0 Å². The van der Waals surface area contributed by atoms with Gasteiger partial charge in [-0.3, -0.25) is 9.00 Å². The van der Waals surface area contributed by atoms with Crippen LogP contribution in [0.3, 0.4) is 0 Å². The van der Waals surface area contributed by atoms with Gasteiger partial charge in [0.2, 0.25) is 0 Å². The maximum Gasteiger partial charge on any atom is 0.177 e. The maximum atomic E-state index is 10.1. The van der Waals surface area contributed by atoms with Crippen molar-refractivity contribution in [2.24, 2.45) is 0 Å². The monoisotopic (exact) mass is 138 g/mol. The predicted octanol–water partition coefficient (Wildman–Crippen LogP) is 0.246. The van der Waals surface area contributed by atoms with Crippen LogP contribution in [-0.2, 0) is 15.6 Å². The quantitative estimate of drug-likeness (QED) is 0.524. The molecule has 0 aliphatic rings. The fourth-order valence-electron chi connectivity index (χ4n) is 0.124. The van der Waals surface area contributed by atoms with Crippen LogP contribution in [0.15, 0.2) is 0 Å². The molecule has 0 aromatic rings. The highest BCUT2D eigenvalue weighted by atomic mass is 32.2. The van der Waals surface area contributed by atoms with Gasteiger partial charge in [0.05, 0.1) is 5.08 Å². The molecule has 0 aromatic heterocycles. The van der Waals surface area contributed by atoms with Gasteiger partial charge in [0.1, 0.15) is 0 Å². The molecule has 0 aliphatic carbocycles. The van der Waals surface area contributed by atoms with E-state index in [1.807, 2.05) is 0 Å². The molecule has 0 fully saturated rings. The third kappa shape index (κ3) is 6.17.